The Labute approximate surface area is 177 Å². The van der Waals surface area contributed by atoms with Gasteiger partial charge in [0.25, 0.3) is 5.91 Å². The van der Waals surface area contributed by atoms with Gasteiger partial charge in [-0.2, -0.15) is 5.10 Å². The van der Waals surface area contributed by atoms with Gasteiger partial charge >= 0.3 is 0 Å². The minimum absolute atomic E-state index is 0.0620. The number of ether oxygens (including phenoxy) is 2. The molecule has 0 bridgehead atoms. The first-order chi connectivity index (χ1) is 14.4. The molecular formula is C22H23N3O4S. The third-order valence-corrected chi connectivity index (χ3v) is 5.91. The highest BCUT2D eigenvalue weighted by Crippen LogP contribution is 2.32. The SMILES string of the molecule is COc1ccc(-n2nc3c(c2NC(=O)c2ccc(OC(C)C)cc2)C[S@@](=O)C3)cc1. The number of hydrogen-bond donors (Lipinski definition) is 1. The van der Waals surface area contributed by atoms with Crippen molar-refractivity contribution in [2.45, 2.75) is 31.5 Å². The number of nitrogens with zero attached hydrogens (tertiary/aromatic N) is 2. The first kappa shape index (κ1) is 20.2. The topological polar surface area (TPSA) is 82.4 Å². The molecule has 1 aliphatic rings. The summed E-state index contributed by atoms with van der Waals surface area (Å²) in [6, 6.07) is 14.4. The molecular weight excluding hydrogens is 402 g/mol. The molecule has 8 heteroatoms. The Balaban J connectivity index is 1.64. The highest BCUT2D eigenvalue weighted by Gasteiger charge is 2.28. The summed E-state index contributed by atoms with van der Waals surface area (Å²) in [6.45, 7) is 3.90. The smallest absolute Gasteiger partial charge is 0.256 e. The number of amides is 1. The van der Waals surface area contributed by atoms with Gasteiger partial charge in [0, 0.05) is 21.9 Å². The molecule has 2 aromatic carbocycles. The predicted octanol–water partition coefficient (Wildman–Crippen LogP) is 3.68. The second kappa shape index (κ2) is 8.31. The van der Waals surface area contributed by atoms with Crippen LogP contribution in [0.2, 0.25) is 0 Å². The second-order valence-electron chi connectivity index (χ2n) is 7.26. The summed E-state index contributed by atoms with van der Waals surface area (Å²) >= 11 is 0. The monoisotopic (exact) mass is 425 g/mol. The molecule has 1 amide bonds. The van der Waals surface area contributed by atoms with Crippen molar-refractivity contribution in [1.82, 2.24) is 9.78 Å². The lowest BCUT2D eigenvalue weighted by Gasteiger charge is -2.12. The van der Waals surface area contributed by atoms with E-state index in [4.69, 9.17) is 9.47 Å². The molecule has 30 heavy (non-hydrogen) atoms. The van der Waals surface area contributed by atoms with Crippen LogP contribution in [0, 0.1) is 0 Å². The molecule has 2 heterocycles. The Morgan fingerprint density at radius 3 is 2.37 bits per heavy atom. The molecule has 156 valence electrons. The molecule has 1 atom stereocenters. The first-order valence-corrected chi connectivity index (χ1v) is 11.1. The number of rotatable bonds is 6. The lowest BCUT2D eigenvalue weighted by molar-refractivity contribution is 0.102. The summed E-state index contributed by atoms with van der Waals surface area (Å²) in [7, 11) is 0.607. The number of aromatic nitrogens is 2. The van der Waals surface area contributed by atoms with E-state index >= 15 is 0 Å². The minimum Gasteiger partial charge on any atom is -0.497 e. The van der Waals surface area contributed by atoms with Crippen LogP contribution in [0.1, 0.15) is 35.5 Å². The molecule has 0 saturated carbocycles. The van der Waals surface area contributed by atoms with Gasteiger partial charge in [0.2, 0.25) is 0 Å². The van der Waals surface area contributed by atoms with Crippen LogP contribution in [0.5, 0.6) is 11.5 Å². The van der Waals surface area contributed by atoms with Crippen molar-refractivity contribution in [3.05, 3.63) is 65.4 Å². The van der Waals surface area contributed by atoms with Crippen LogP contribution in [0.25, 0.3) is 5.69 Å². The van der Waals surface area contributed by atoms with Gasteiger partial charge in [-0.1, -0.05) is 0 Å². The quantitative estimate of drug-likeness (QED) is 0.651. The summed E-state index contributed by atoms with van der Waals surface area (Å²) in [5, 5.41) is 7.58. The molecule has 1 aliphatic heterocycles. The number of hydrogen-bond acceptors (Lipinski definition) is 5. The molecule has 3 aromatic rings. The third kappa shape index (κ3) is 4.09. The van der Waals surface area contributed by atoms with Crippen LogP contribution in [0.15, 0.2) is 48.5 Å². The lowest BCUT2D eigenvalue weighted by atomic mass is 10.2. The maximum Gasteiger partial charge on any atom is 0.256 e. The highest BCUT2D eigenvalue weighted by atomic mass is 32.2. The second-order valence-corrected chi connectivity index (χ2v) is 8.71. The largest absolute Gasteiger partial charge is 0.497 e. The maximum absolute atomic E-state index is 12.9. The van der Waals surface area contributed by atoms with E-state index in [2.05, 4.69) is 10.4 Å². The average molecular weight is 426 g/mol. The molecule has 7 nitrogen and oxygen atoms in total. The summed E-state index contributed by atoms with van der Waals surface area (Å²) in [5.41, 5.74) is 2.85. The van der Waals surface area contributed by atoms with Crippen LogP contribution in [0.4, 0.5) is 5.82 Å². The molecule has 0 aliphatic carbocycles. The zero-order chi connectivity index (χ0) is 21.3. The number of fused-ring (bicyclic) bond motifs is 1. The molecule has 1 N–H and O–H groups in total. The Kier molecular flexibility index (Phi) is 5.59. The van der Waals surface area contributed by atoms with Gasteiger partial charge in [-0.05, 0) is 62.4 Å². The van der Waals surface area contributed by atoms with Gasteiger partial charge < -0.3 is 14.8 Å². The van der Waals surface area contributed by atoms with Crippen LogP contribution in [0.3, 0.4) is 0 Å². The van der Waals surface area contributed by atoms with Crippen molar-refractivity contribution >= 4 is 22.5 Å². The van der Waals surface area contributed by atoms with E-state index in [-0.39, 0.29) is 12.0 Å². The van der Waals surface area contributed by atoms with Crippen LogP contribution < -0.4 is 14.8 Å². The van der Waals surface area contributed by atoms with Gasteiger partial charge in [-0.15, -0.1) is 0 Å². The summed E-state index contributed by atoms with van der Waals surface area (Å²) in [4.78, 5) is 12.9. The summed E-state index contributed by atoms with van der Waals surface area (Å²) in [6.07, 6.45) is 0.0620. The fourth-order valence-electron chi connectivity index (χ4n) is 3.30. The Bertz CT molecular complexity index is 1090. The van der Waals surface area contributed by atoms with Crippen molar-refractivity contribution in [1.29, 1.82) is 0 Å². The number of anilines is 1. The molecule has 0 fully saturated rings. The van der Waals surface area contributed by atoms with Gasteiger partial charge in [0.1, 0.15) is 17.3 Å². The van der Waals surface area contributed by atoms with Crippen LogP contribution in [-0.2, 0) is 22.3 Å². The molecule has 0 radical (unpaired) electrons. The van der Waals surface area contributed by atoms with E-state index in [0.717, 1.165) is 22.7 Å². The van der Waals surface area contributed by atoms with Crippen molar-refractivity contribution in [2.24, 2.45) is 0 Å². The van der Waals surface area contributed by atoms with Gasteiger partial charge in [0.15, 0.2) is 0 Å². The number of carbonyl (C=O) groups excluding carboxylic acids is 1. The highest BCUT2D eigenvalue weighted by molar-refractivity contribution is 7.83. The predicted molar refractivity (Wildman–Crippen MR) is 116 cm³/mol. The van der Waals surface area contributed by atoms with E-state index < -0.39 is 10.8 Å². The summed E-state index contributed by atoms with van der Waals surface area (Å²) < 4.78 is 24.6. The number of benzene rings is 2. The fourth-order valence-corrected chi connectivity index (χ4v) is 4.57. The molecule has 0 saturated heterocycles. The van der Waals surface area contributed by atoms with E-state index in [1.54, 1.807) is 36.1 Å². The van der Waals surface area contributed by atoms with Crippen molar-refractivity contribution in [2.75, 3.05) is 12.4 Å². The fraction of sp³-hybridized carbons (Fsp3) is 0.273. The molecule has 1 aromatic heterocycles. The third-order valence-electron chi connectivity index (χ3n) is 4.71. The van der Waals surface area contributed by atoms with E-state index in [1.807, 2.05) is 38.1 Å². The number of carbonyl (C=O) groups is 1. The summed E-state index contributed by atoms with van der Waals surface area (Å²) in [5.74, 6) is 2.50. The molecule has 0 spiro atoms. The standard InChI is InChI=1S/C22H23N3O4S/c1-14(2)29-18-8-4-15(5-9-18)22(26)23-21-19-12-30(27)13-20(19)24-25(21)16-6-10-17(28-3)11-7-16/h4-11,14H,12-13H2,1-3H3,(H,23,26)/t30-/m1/s1. The van der Waals surface area contributed by atoms with E-state index in [0.29, 0.717) is 28.6 Å². The van der Waals surface area contributed by atoms with Crippen molar-refractivity contribution in [3.8, 4) is 17.2 Å². The number of methoxy groups -OCH3 is 1. The van der Waals surface area contributed by atoms with E-state index in [9.17, 15) is 9.00 Å². The first-order valence-electron chi connectivity index (χ1n) is 9.63. The maximum atomic E-state index is 12.9. The zero-order valence-electron chi connectivity index (χ0n) is 17.0. The van der Waals surface area contributed by atoms with Gasteiger partial charge in [0.05, 0.1) is 36.1 Å². The van der Waals surface area contributed by atoms with E-state index in [1.165, 1.54) is 0 Å². The van der Waals surface area contributed by atoms with Gasteiger partial charge in [-0.25, -0.2) is 4.68 Å². The van der Waals surface area contributed by atoms with Crippen molar-refractivity contribution in [3.63, 3.8) is 0 Å². The zero-order valence-corrected chi connectivity index (χ0v) is 17.9. The van der Waals surface area contributed by atoms with Crippen molar-refractivity contribution < 1.29 is 18.5 Å². The van der Waals surface area contributed by atoms with Crippen LogP contribution >= 0.6 is 0 Å². The Morgan fingerprint density at radius 2 is 1.73 bits per heavy atom. The molecule has 4 rings (SSSR count). The minimum atomic E-state index is -1.00. The molecule has 0 unspecified atom stereocenters. The Morgan fingerprint density at radius 1 is 1.07 bits per heavy atom. The number of nitrogens with one attached hydrogen (secondary N) is 1. The van der Waals surface area contributed by atoms with Gasteiger partial charge in [-0.3, -0.25) is 9.00 Å². The lowest BCUT2D eigenvalue weighted by Crippen LogP contribution is -2.16. The average Bonchev–Trinajstić information content (AvgIpc) is 3.25. The normalized spacial score (nSPS) is 15.1. The Hall–Kier alpha value is -3.13. The van der Waals surface area contributed by atoms with Crippen LogP contribution in [-0.4, -0.2) is 33.1 Å².